The van der Waals surface area contributed by atoms with Gasteiger partial charge in [-0.3, -0.25) is 9.59 Å². The summed E-state index contributed by atoms with van der Waals surface area (Å²) < 4.78 is 26.3. The fraction of sp³-hybridized carbons (Fsp3) is 0.391. The van der Waals surface area contributed by atoms with Gasteiger partial charge >= 0.3 is 0 Å². The number of hydrogen-bond acceptors (Lipinski definition) is 2. The molecule has 0 aliphatic carbocycles. The molecule has 0 N–H and O–H groups in total. The summed E-state index contributed by atoms with van der Waals surface area (Å²) in [5.74, 6) is -0.547. The predicted octanol–water partition coefficient (Wildman–Crippen LogP) is 3.94. The van der Waals surface area contributed by atoms with Crippen LogP contribution >= 0.6 is 0 Å². The molecule has 0 aromatic heterocycles. The average molecular weight is 398 g/mol. The zero-order valence-corrected chi connectivity index (χ0v) is 16.2. The Balaban J connectivity index is 1.40. The SMILES string of the molecule is O=C(Cc1ccc(F)cc1)N1CCC2(CCCN(c3ccc(F)cc3)C2=O)CC1. The molecule has 2 saturated heterocycles. The summed E-state index contributed by atoms with van der Waals surface area (Å²) in [6, 6.07) is 12.0. The zero-order valence-electron chi connectivity index (χ0n) is 16.2. The molecule has 2 aromatic carbocycles. The summed E-state index contributed by atoms with van der Waals surface area (Å²) in [5, 5.41) is 0. The second-order valence-electron chi connectivity index (χ2n) is 8.00. The minimum Gasteiger partial charge on any atom is -0.342 e. The van der Waals surface area contributed by atoms with Crippen molar-refractivity contribution in [2.45, 2.75) is 32.1 Å². The van der Waals surface area contributed by atoms with Gasteiger partial charge in [-0.05, 0) is 67.6 Å². The van der Waals surface area contributed by atoms with Crippen molar-refractivity contribution < 1.29 is 18.4 Å². The van der Waals surface area contributed by atoms with Gasteiger partial charge in [0.15, 0.2) is 0 Å². The van der Waals surface area contributed by atoms with Crippen LogP contribution in [0.4, 0.5) is 14.5 Å². The highest BCUT2D eigenvalue weighted by atomic mass is 19.1. The molecule has 0 radical (unpaired) electrons. The number of halogens is 2. The molecule has 0 bridgehead atoms. The van der Waals surface area contributed by atoms with Gasteiger partial charge in [0.1, 0.15) is 11.6 Å². The van der Waals surface area contributed by atoms with Crippen molar-refractivity contribution in [3.63, 3.8) is 0 Å². The number of nitrogens with zero attached hydrogens (tertiary/aromatic N) is 2. The molecule has 6 heteroatoms. The first kappa shape index (κ1) is 19.6. The zero-order chi connectivity index (χ0) is 20.4. The molecule has 2 heterocycles. The van der Waals surface area contributed by atoms with E-state index in [2.05, 4.69) is 0 Å². The van der Waals surface area contributed by atoms with Gasteiger partial charge in [0.05, 0.1) is 11.8 Å². The van der Waals surface area contributed by atoms with Crippen LogP contribution in [-0.4, -0.2) is 36.3 Å². The lowest BCUT2D eigenvalue weighted by Gasteiger charge is -2.46. The number of anilines is 1. The molecule has 29 heavy (non-hydrogen) atoms. The maximum Gasteiger partial charge on any atom is 0.233 e. The highest BCUT2D eigenvalue weighted by molar-refractivity contribution is 5.98. The molecule has 1 spiro atoms. The highest BCUT2D eigenvalue weighted by Crippen LogP contribution is 2.42. The van der Waals surface area contributed by atoms with Crippen LogP contribution in [0.2, 0.25) is 0 Å². The van der Waals surface area contributed by atoms with Crippen LogP contribution < -0.4 is 4.90 Å². The number of rotatable bonds is 3. The van der Waals surface area contributed by atoms with Crippen LogP contribution in [0.1, 0.15) is 31.2 Å². The van der Waals surface area contributed by atoms with Gasteiger partial charge in [0.2, 0.25) is 11.8 Å². The fourth-order valence-corrected chi connectivity index (χ4v) is 4.47. The maximum atomic E-state index is 13.3. The van der Waals surface area contributed by atoms with E-state index in [9.17, 15) is 18.4 Å². The quantitative estimate of drug-likeness (QED) is 0.786. The van der Waals surface area contributed by atoms with Crippen LogP contribution in [-0.2, 0) is 16.0 Å². The molecule has 4 nitrogen and oxygen atoms in total. The lowest BCUT2D eigenvalue weighted by Crippen LogP contribution is -2.54. The van der Waals surface area contributed by atoms with Gasteiger partial charge in [-0.2, -0.15) is 0 Å². The first-order valence-electron chi connectivity index (χ1n) is 10.1. The monoisotopic (exact) mass is 398 g/mol. The Labute approximate surface area is 169 Å². The maximum absolute atomic E-state index is 13.3. The van der Waals surface area contributed by atoms with E-state index in [1.54, 1.807) is 34.1 Å². The first-order valence-corrected chi connectivity index (χ1v) is 10.1. The summed E-state index contributed by atoms with van der Waals surface area (Å²) in [5.41, 5.74) is 1.07. The lowest BCUT2D eigenvalue weighted by molar-refractivity contribution is -0.140. The Bertz CT molecular complexity index is 888. The largest absolute Gasteiger partial charge is 0.342 e. The predicted molar refractivity (Wildman–Crippen MR) is 106 cm³/mol. The van der Waals surface area contributed by atoms with E-state index in [1.807, 2.05) is 0 Å². The molecule has 4 rings (SSSR count). The third-order valence-electron chi connectivity index (χ3n) is 6.22. The average Bonchev–Trinajstić information content (AvgIpc) is 2.73. The van der Waals surface area contributed by atoms with Gasteiger partial charge in [0, 0.05) is 25.3 Å². The minimum atomic E-state index is -0.445. The van der Waals surface area contributed by atoms with Gasteiger partial charge in [-0.1, -0.05) is 12.1 Å². The molecule has 0 saturated carbocycles. The summed E-state index contributed by atoms with van der Waals surface area (Å²) in [6.07, 6.45) is 3.23. The van der Waals surface area contributed by atoms with E-state index < -0.39 is 5.41 Å². The Morgan fingerprint density at radius 2 is 1.45 bits per heavy atom. The number of hydrogen-bond donors (Lipinski definition) is 0. The normalized spacial score (nSPS) is 18.9. The number of carbonyl (C=O) groups is 2. The van der Waals surface area contributed by atoms with Crippen LogP contribution in [0.3, 0.4) is 0 Å². The second kappa shape index (κ2) is 7.93. The molecule has 2 aromatic rings. The standard InChI is InChI=1S/C23H24F2N2O2/c24-18-4-2-17(3-5-18)16-21(28)26-14-11-23(12-15-26)10-1-13-27(22(23)29)20-8-6-19(25)7-9-20/h2-9H,1,10-16H2. The Morgan fingerprint density at radius 1 is 0.862 bits per heavy atom. The molecular formula is C23H24F2N2O2. The number of piperidine rings is 2. The highest BCUT2D eigenvalue weighted by Gasteiger charge is 2.46. The summed E-state index contributed by atoms with van der Waals surface area (Å²) in [6.45, 7) is 1.73. The summed E-state index contributed by atoms with van der Waals surface area (Å²) >= 11 is 0. The van der Waals surface area contributed by atoms with Crippen LogP contribution in [0.25, 0.3) is 0 Å². The molecule has 2 amide bonds. The number of likely N-dealkylation sites (tertiary alicyclic amines) is 1. The molecule has 2 aliphatic rings. The van der Waals surface area contributed by atoms with E-state index in [0.29, 0.717) is 32.5 Å². The van der Waals surface area contributed by atoms with E-state index in [-0.39, 0.29) is 29.9 Å². The van der Waals surface area contributed by atoms with Crippen LogP contribution in [0.15, 0.2) is 48.5 Å². The van der Waals surface area contributed by atoms with Crippen molar-refractivity contribution in [1.82, 2.24) is 4.90 Å². The van der Waals surface area contributed by atoms with E-state index >= 15 is 0 Å². The summed E-state index contributed by atoms with van der Waals surface area (Å²) in [7, 11) is 0. The third-order valence-corrected chi connectivity index (χ3v) is 6.22. The molecule has 0 atom stereocenters. The Morgan fingerprint density at radius 3 is 2.07 bits per heavy atom. The van der Waals surface area contributed by atoms with Crippen molar-refractivity contribution in [2.75, 3.05) is 24.5 Å². The molecule has 152 valence electrons. The van der Waals surface area contributed by atoms with E-state index in [4.69, 9.17) is 0 Å². The van der Waals surface area contributed by atoms with Crippen molar-refractivity contribution in [1.29, 1.82) is 0 Å². The van der Waals surface area contributed by atoms with Gasteiger partial charge < -0.3 is 9.80 Å². The third kappa shape index (κ3) is 4.02. The smallest absolute Gasteiger partial charge is 0.233 e. The van der Waals surface area contributed by atoms with E-state index in [1.165, 1.54) is 24.3 Å². The number of amides is 2. The Kier molecular flexibility index (Phi) is 5.35. The fourth-order valence-electron chi connectivity index (χ4n) is 4.47. The Hall–Kier alpha value is -2.76. The van der Waals surface area contributed by atoms with Gasteiger partial charge in [-0.25, -0.2) is 8.78 Å². The lowest BCUT2D eigenvalue weighted by atomic mass is 9.71. The minimum absolute atomic E-state index is 0.00473. The van der Waals surface area contributed by atoms with Gasteiger partial charge in [-0.15, -0.1) is 0 Å². The van der Waals surface area contributed by atoms with Crippen molar-refractivity contribution in [3.05, 3.63) is 65.7 Å². The van der Waals surface area contributed by atoms with Crippen molar-refractivity contribution >= 4 is 17.5 Å². The molecule has 0 unspecified atom stereocenters. The number of benzene rings is 2. The van der Waals surface area contributed by atoms with E-state index in [0.717, 1.165) is 24.1 Å². The van der Waals surface area contributed by atoms with Crippen molar-refractivity contribution in [2.24, 2.45) is 5.41 Å². The topological polar surface area (TPSA) is 40.6 Å². The second-order valence-corrected chi connectivity index (χ2v) is 8.00. The van der Waals surface area contributed by atoms with Crippen LogP contribution in [0.5, 0.6) is 0 Å². The molecule has 2 aliphatic heterocycles. The molecular weight excluding hydrogens is 374 g/mol. The molecule has 2 fully saturated rings. The van der Waals surface area contributed by atoms with Gasteiger partial charge in [0.25, 0.3) is 0 Å². The van der Waals surface area contributed by atoms with Crippen LogP contribution in [0, 0.1) is 17.0 Å². The first-order chi connectivity index (χ1) is 14.0. The number of carbonyl (C=O) groups excluding carboxylic acids is 2. The summed E-state index contributed by atoms with van der Waals surface area (Å²) in [4.78, 5) is 29.5. The van der Waals surface area contributed by atoms with Crippen molar-refractivity contribution in [3.8, 4) is 0 Å².